The molecule has 3 aliphatic heterocycles. The van der Waals surface area contributed by atoms with E-state index in [1.807, 2.05) is 0 Å². The van der Waals surface area contributed by atoms with Crippen molar-refractivity contribution >= 4 is 28.3 Å². The normalized spacial score (nSPS) is 28.0. The highest BCUT2D eigenvalue weighted by Crippen LogP contribution is 2.30. The summed E-state index contributed by atoms with van der Waals surface area (Å²) in [5, 5.41) is 8.08. The number of hydrogen-bond acceptors (Lipinski definition) is 7. The summed E-state index contributed by atoms with van der Waals surface area (Å²) in [5.41, 5.74) is 7.80. The summed E-state index contributed by atoms with van der Waals surface area (Å²) in [6.07, 6.45) is 2.28. The first-order valence-corrected chi connectivity index (χ1v) is 9.83. The summed E-state index contributed by atoms with van der Waals surface area (Å²) < 4.78 is 34.8. The van der Waals surface area contributed by atoms with Gasteiger partial charge in [-0.1, -0.05) is 0 Å². The molecule has 3 amide bonds. The monoisotopic (exact) mass is 406 g/mol. The molecule has 14 heteroatoms. The molecular formula is C13H22N6O7S. The van der Waals surface area contributed by atoms with Crippen molar-refractivity contribution in [3.8, 4) is 0 Å². The smallest absolute Gasteiger partial charge is 0.370 e. The lowest BCUT2D eigenvalue weighted by atomic mass is 10.0. The van der Waals surface area contributed by atoms with Gasteiger partial charge in [0.15, 0.2) is 5.96 Å². The van der Waals surface area contributed by atoms with Crippen molar-refractivity contribution in [1.29, 1.82) is 5.41 Å². The molecule has 3 saturated heterocycles. The van der Waals surface area contributed by atoms with E-state index in [9.17, 15) is 18.0 Å². The van der Waals surface area contributed by atoms with Gasteiger partial charge in [0.05, 0.1) is 18.7 Å². The second-order valence-electron chi connectivity index (χ2n) is 6.66. The van der Waals surface area contributed by atoms with Crippen LogP contribution in [0.2, 0.25) is 0 Å². The Hall–Kier alpha value is -2.16. The minimum absolute atomic E-state index is 0.0488. The summed E-state index contributed by atoms with van der Waals surface area (Å²) in [6, 6.07) is -2.32. The van der Waals surface area contributed by atoms with Gasteiger partial charge in [-0.25, -0.2) is 10.3 Å². The Balaban J connectivity index is 1.53. The van der Waals surface area contributed by atoms with Gasteiger partial charge in [-0.3, -0.25) is 19.6 Å². The van der Waals surface area contributed by atoms with Crippen molar-refractivity contribution in [2.75, 3.05) is 19.7 Å². The molecule has 0 aromatic carbocycles. The first-order chi connectivity index (χ1) is 12.7. The van der Waals surface area contributed by atoms with Gasteiger partial charge in [-0.05, 0) is 25.7 Å². The number of carbonyl (C=O) groups is 2. The molecule has 0 aromatic heterocycles. The topological polar surface area (TPSA) is 179 Å². The fourth-order valence-electron chi connectivity index (χ4n) is 3.71. The molecule has 5 N–H and O–H groups in total. The van der Waals surface area contributed by atoms with Crippen LogP contribution in [0.15, 0.2) is 0 Å². The number of carbonyl (C=O) groups excluding carboxylic acids is 2. The van der Waals surface area contributed by atoms with E-state index in [0.717, 1.165) is 12.8 Å². The van der Waals surface area contributed by atoms with Crippen LogP contribution in [-0.2, 0) is 24.3 Å². The molecule has 3 atom stereocenters. The van der Waals surface area contributed by atoms with E-state index in [2.05, 4.69) is 9.76 Å². The fraction of sp³-hybridized carbons (Fsp3) is 0.769. The quantitative estimate of drug-likeness (QED) is 0.175. The van der Waals surface area contributed by atoms with E-state index in [1.54, 1.807) is 4.90 Å². The SMILES string of the molecule is N=C(N)N1CCC[C@H]1CONC(=O)C1CCC2CN1C(=O)N2OS(=O)(=O)O. The lowest BCUT2D eigenvalue weighted by Gasteiger charge is -2.29. The average Bonchev–Trinajstić information content (AvgIpc) is 3.14. The summed E-state index contributed by atoms with van der Waals surface area (Å²) in [4.78, 5) is 32.8. The van der Waals surface area contributed by atoms with Crippen molar-refractivity contribution in [3.63, 3.8) is 0 Å². The van der Waals surface area contributed by atoms with Crippen LogP contribution in [0.25, 0.3) is 0 Å². The molecule has 2 unspecified atom stereocenters. The lowest BCUT2D eigenvalue weighted by Crippen LogP contribution is -2.50. The molecule has 27 heavy (non-hydrogen) atoms. The highest BCUT2D eigenvalue weighted by atomic mass is 32.3. The van der Waals surface area contributed by atoms with Crippen LogP contribution in [0.1, 0.15) is 25.7 Å². The molecule has 152 valence electrons. The van der Waals surface area contributed by atoms with Crippen LogP contribution in [0.4, 0.5) is 4.79 Å². The number of nitrogens with two attached hydrogens (primary N) is 1. The van der Waals surface area contributed by atoms with Gasteiger partial charge in [-0.2, -0.15) is 13.5 Å². The standard InChI is InChI=1S/C13H22N6O7S/c14-12(15)17-5-1-2-9(17)7-25-16-11(20)10-4-3-8-6-18(10)13(21)19(8)26-27(22,23)24/h8-10H,1-7H2,(H3,14,15)(H,16,20)(H,22,23,24)/t8?,9-,10?/m0/s1. The summed E-state index contributed by atoms with van der Waals surface area (Å²) in [7, 11) is -4.83. The van der Waals surface area contributed by atoms with E-state index < -0.39 is 34.4 Å². The van der Waals surface area contributed by atoms with Crippen LogP contribution >= 0.6 is 0 Å². The van der Waals surface area contributed by atoms with Gasteiger partial charge < -0.3 is 15.5 Å². The van der Waals surface area contributed by atoms with E-state index in [-0.39, 0.29) is 25.2 Å². The van der Waals surface area contributed by atoms with Crippen LogP contribution in [0.5, 0.6) is 0 Å². The first-order valence-electron chi connectivity index (χ1n) is 8.46. The number of likely N-dealkylation sites (tertiary alicyclic amines) is 1. The Kier molecular flexibility index (Phi) is 5.41. The number of nitrogens with zero attached hydrogens (tertiary/aromatic N) is 3. The average molecular weight is 406 g/mol. The second kappa shape index (κ2) is 7.46. The summed E-state index contributed by atoms with van der Waals surface area (Å²) >= 11 is 0. The minimum atomic E-state index is -4.83. The summed E-state index contributed by atoms with van der Waals surface area (Å²) in [6.45, 7) is 0.910. The van der Waals surface area contributed by atoms with E-state index in [4.69, 9.17) is 20.5 Å². The maximum Gasteiger partial charge on any atom is 0.418 e. The van der Waals surface area contributed by atoms with Gasteiger partial charge in [-0.15, -0.1) is 4.28 Å². The number of guanidine groups is 1. The van der Waals surface area contributed by atoms with Gasteiger partial charge in [0, 0.05) is 13.1 Å². The van der Waals surface area contributed by atoms with Crippen LogP contribution in [0, 0.1) is 5.41 Å². The number of amides is 3. The molecule has 0 radical (unpaired) electrons. The predicted octanol–water partition coefficient (Wildman–Crippen LogP) is -1.60. The van der Waals surface area contributed by atoms with Crippen molar-refractivity contribution in [1.82, 2.24) is 20.3 Å². The third kappa shape index (κ3) is 4.23. The molecule has 0 saturated carbocycles. The number of piperidine rings is 1. The number of urea groups is 1. The van der Waals surface area contributed by atoms with Crippen LogP contribution < -0.4 is 11.2 Å². The van der Waals surface area contributed by atoms with Gasteiger partial charge in [0.25, 0.3) is 5.91 Å². The van der Waals surface area contributed by atoms with Crippen molar-refractivity contribution in [3.05, 3.63) is 0 Å². The van der Waals surface area contributed by atoms with E-state index in [0.29, 0.717) is 24.4 Å². The Labute approximate surface area is 155 Å². The minimum Gasteiger partial charge on any atom is -0.370 e. The molecule has 0 aromatic rings. The zero-order chi connectivity index (χ0) is 19.8. The largest absolute Gasteiger partial charge is 0.418 e. The third-order valence-corrected chi connectivity index (χ3v) is 5.28. The lowest BCUT2D eigenvalue weighted by molar-refractivity contribution is -0.139. The zero-order valence-corrected chi connectivity index (χ0v) is 15.2. The molecular weight excluding hydrogens is 384 g/mol. The number of fused-ring (bicyclic) bond motifs is 2. The van der Waals surface area contributed by atoms with Gasteiger partial charge in [0.2, 0.25) is 0 Å². The highest BCUT2D eigenvalue weighted by Gasteiger charge is 2.49. The molecule has 3 heterocycles. The Morgan fingerprint density at radius 3 is 2.78 bits per heavy atom. The molecule has 3 fully saturated rings. The maximum atomic E-state index is 12.4. The predicted molar refractivity (Wildman–Crippen MR) is 89.1 cm³/mol. The summed E-state index contributed by atoms with van der Waals surface area (Å²) in [5.74, 6) is -0.588. The van der Waals surface area contributed by atoms with Crippen LogP contribution in [0.3, 0.4) is 0 Å². The zero-order valence-electron chi connectivity index (χ0n) is 14.4. The van der Waals surface area contributed by atoms with Gasteiger partial charge >= 0.3 is 16.4 Å². The number of hydrogen-bond donors (Lipinski definition) is 4. The molecule has 0 aliphatic carbocycles. The molecule has 2 bridgehead atoms. The fourth-order valence-corrected chi connectivity index (χ4v) is 4.10. The second-order valence-corrected chi connectivity index (χ2v) is 7.67. The highest BCUT2D eigenvalue weighted by molar-refractivity contribution is 7.80. The first kappa shape index (κ1) is 19.6. The van der Waals surface area contributed by atoms with Crippen LogP contribution in [-0.4, -0.2) is 83.6 Å². The van der Waals surface area contributed by atoms with Gasteiger partial charge in [0.1, 0.15) is 6.04 Å². The Bertz CT molecular complexity index is 731. The molecule has 0 spiro atoms. The van der Waals surface area contributed by atoms with E-state index in [1.165, 1.54) is 4.90 Å². The van der Waals surface area contributed by atoms with E-state index >= 15 is 0 Å². The van der Waals surface area contributed by atoms with Crippen molar-refractivity contribution < 1.29 is 31.7 Å². The molecule has 3 aliphatic rings. The third-order valence-electron chi connectivity index (χ3n) is 4.94. The van der Waals surface area contributed by atoms with Crippen molar-refractivity contribution in [2.24, 2.45) is 5.73 Å². The Morgan fingerprint density at radius 1 is 1.37 bits per heavy atom. The number of hydroxylamine groups is 3. The van der Waals surface area contributed by atoms with Crippen molar-refractivity contribution in [2.45, 2.75) is 43.8 Å². The number of rotatable bonds is 6. The maximum absolute atomic E-state index is 12.4. The molecule has 13 nitrogen and oxygen atoms in total. The Morgan fingerprint density at radius 2 is 2.11 bits per heavy atom. The molecule has 3 rings (SSSR count). The number of nitrogens with one attached hydrogen (secondary N) is 2.